The van der Waals surface area contributed by atoms with Crippen molar-refractivity contribution in [3.8, 4) is 5.75 Å². The van der Waals surface area contributed by atoms with Crippen LogP contribution in [0.4, 0.5) is 0 Å². The summed E-state index contributed by atoms with van der Waals surface area (Å²) >= 11 is 0. The highest BCUT2D eigenvalue weighted by Gasteiger charge is 2.26. The van der Waals surface area contributed by atoms with Gasteiger partial charge in [0.1, 0.15) is 12.5 Å². The molecular formula is C17H19NO. The first-order valence-electron chi connectivity index (χ1n) is 6.88. The molecule has 0 bridgehead atoms. The molecule has 1 heterocycles. The van der Waals surface area contributed by atoms with Gasteiger partial charge in [0.05, 0.1) is 0 Å². The van der Waals surface area contributed by atoms with Crippen molar-refractivity contribution in [2.24, 2.45) is 0 Å². The average molecular weight is 253 g/mol. The molecule has 19 heavy (non-hydrogen) atoms. The van der Waals surface area contributed by atoms with E-state index in [1.807, 2.05) is 6.07 Å². The molecule has 0 aromatic heterocycles. The normalized spacial score (nSPS) is 18.7. The van der Waals surface area contributed by atoms with Crippen LogP contribution in [0.5, 0.6) is 5.75 Å². The number of para-hydroxylation sites is 1. The van der Waals surface area contributed by atoms with Gasteiger partial charge in [-0.2, -0.15) is 0 Å². The molecule has 0 amide bonds. The number of benzene rings is 2. The second kappa shape index (κ2) is 5.45. The van der Waals surface area contributed by atoms with Crippen LogP contribution in [0.3, 0.4) is 0 Å². The summed E-state index contributed by atoms with van der Waals surface area (Å²) in [5.41, 5.74) is 2.65. The van der Waals surface area contributed by atoms with Gasteiger partial charge in [0, 0.05) is 18.2 Å². The first kappa shape index (κ1) is 12.2. The Labute approximate surface area is 114 Å². The van der Waals surface area contributed by atoms with Gasteiger partial charge in [0.15, 0.2) is 0 Å². The van der Waals surface area contributed by atoms with Crippen LogP contribution in [-0.2, 0) is 6.54 Å². The van der Waals surface area contributed by atoms with E-state index in [1.54, 1.807) is 0 Å². The Morgan fingerprint density at radius 2 is 1.79 bits per heavy atom. The monoisotopic (exact) mass is 253 g/mol. The quantitative estimate of drug-likeness (QED) is 0.820. The molecule has 0 N–H and O–H groups in total. The van der Waals surface area contributed by atoms with Gasteiger partial charge in [-0.05, 0) is 18.1 Å². The van der Waals surface area contributed by atoms with Crippen molar-refractivity contribution in [3.63, 3.8) is 0 Å². The number of nitrogens with zero attached hydrogens (tertiary/aromatic N) is 1. The largest absolute Gasteiger partial charge is 0.478 e. The Bertz CT molecular complexity index is 538. The fourth-order valence-corrected chi connectivity index (χ4v) is 2.78. The number of ether oxygens (including phenoxy) is 1. The molecule has 1 aliphatic rings. The van der Waals surface area contributed by atoms with Gasteiger partial charge in [0.2, 0.25) is 0 Å². The molecule has 2 nitrogen and oxygen atoms in total. The summed E-state index contributed by atoms with van der Waals surface area (Å²) in [5.74, 6) is 1.04. The molecule has 0 saturated heterocycles. The van der Waals surface area contributed by atoms with Crippen molar-refractivity contribution >= 4 is 0 Å². The van der Waals surface area contributed by atoms with Crippen LogP contribution in [0.1, 0.15) is 30.5 Å². The Morgan fingerprint density at radius 3 is 2.58 bits per heavy atom. The summed E-state index contributed by atoms with van der Waals surface area (Å²) < 4.78 is 5.87. The summed E-state index contributed by atoms with van der Waals surface area (Å²) in [7, 11) is 0. The zero-order chi connectivity index (χ0) is 13.1. The fraction of sp³-hybridized carbons (Fsp3) is 0.294. The van der Waals surface area contributed by atoms with Crippen LogP contribution in [0.25, 0.3) is 0 Å². The topological polar surface area (TPSA) is 12.5 Å². The predicted octanol–water partition coefficient (Wildman–Crippen LogP) is 3.99. The molecule has 1 atom stereocenters. The minimum Gasteiger partial charge on any atom is -0.478 e. The summed E-state index contributed by atoms with van der Waals surface area (Å²) in [6, 6.07) is 19.4. The first-order chi connectivity index (χ1) is 9.38. The van der Waals surface area contributed by atoms with Gasteiger partial charge in [0.25, 0.3) is 0 Å². The van der Waals surface area contributed by atoms with Crippen LogP contribution >= 0.6 is 0 Å². The molecule has 3 rings (SSSR count). The third kappa shape index (κ3) is 2.49. The van der Waals surface area contributed by atoms with Gasteiger partial charge in [-0.3, -0.25) is 4.90 Å². The maximum atomic E-state index is 5.87. The van der Waals surface area contributed by atoms with Crippen LogP contribution in [0.2, 0.25) is 0 Å². The number of hydrogen-bond donors (Lipinski definition) is 0. The lowest BCUT2D eigenvalue weighted by Gasteiger charge is -2.36. The van der Waals surface area contributed by atoms with Gasteiger partial charge in [-0.15, -0.1) is 0 Å². The zero-order valence-electron chi connectivity index (χ0n) is 11.3. The highest BCUT2D eigenvalue weighted by Crippen LogP contribution is 2.36. The zero-order valence-corrected chi connectivity index (χ0v) is 11.3. The third-order valence-electron chi connectivity index (χ3n) is 3.72. The fourth-order valence-electron chi connectivity index (χ4n) is 2.78. The van der Waals surface area contributed by atoms with E-state index in [0.29, 0.717) is 12.8 Å². The Hall–Kier alpha value is -1.80. The van der Waals surface area contributed by atoms with E-state index in [1.165, 1.54) is 11.1 Å². The van der Waals surface area contributed by atoms with E-state index >= 15 is 0 Å². The minimum atomic E-state index is 0.449. The molecular weight excluding hydrogens is 234 g/mol. The number of fused-ring (bicyclic) bond motifs is 1. The average Bonchev–Trinajstić information content (AvgIpc) is 2.48. The predicted molar refractivity (Wildman–Crippen MR) is 77.0 cm³/mol. The van der Waals surface area contributed by atoms with Crippen molar-refractivity contribution in [2.75, 3.05) is 6.73 Å². The van der Waals surface area contributed by atoms with Crippen molar-refractivity contribution in [1.29, 1.82) is 0 Å². The van der Waals surface area contributed by atoms with Crippen LogP contribution in [0, 0.1) is 0 Å². The third-order valence-corrected chi connectivity index (χ3v) is 3.72. The van der Waals surface area contributed by atoms with E-state index in [2.05, 4.69) is 60.4 Å². The maximum Gasteiger partial charge on any atom is 0.142 e. The Morgan fingerprint density at radius 1 is 1.05 bits per heavy atom. The molecule has 0 unspecified atom stereocenters. The lowest BCUT2D eigenvalue weighted by molar-refractivity contribution is 0.0486. The molecule has 1 aliphatic heterocycles. The standard InChI is InChI=1S/C17H19NO/c1-2-16-15-10-6-7-11-17(15)19-13-18(16)12-14-8-4-3-5-9-14/h3-11,16H,2,12-13H2,1H3/t16-/m0/s1. The lowest BCUT2D eigenvalue weighted by Crippen LogP contribution is -2.35. The molecule has 2 heteroatoms. The van der Waals surface area contributed by atoms with Crippen LogP contribution in [0.15, 0.2) is 54.6 Å². The first-order valence-corrected chi connectivity index (χ1v) is 6.88. The summed E-state index contributed by atoms with van der Waals surface area (Å²) in [4.78, 5) is 2.40. The highest BCUT2D eigenvalue weighted by atomic mass is 16.5. The second-order valence-electron chi connectivity index (χ2n) is 4.97. The molecule has 0 saturated carbocycles. The lowest BCUT2D eigenvalue weighted by atomic mass is 10.00. The summed E-state index contributed by atoms with van der Waals surface area (Å²) in [5, 5.41) is 0. The van der Waals surface area contributed by atoms with E-state index in [9.17, 15) is 0 Å². The molecule has 0 fully saturated rings. The SMILES string of the molecule is CC[C@H]1c2ccccc2OCN1Cc1ccccc1. The van der Waals surface area contributed by atoms with Gasteiger partial charge in [-0.25, -0.2) is 0 Å². The van der Waals surface area contributed by atoms with Crippen molar-refractivity contribution < 1.29 is 4.74 Å². The van der Waals surface area contributed by atoms with Crippen molar-refractivity contribution in [2.45, 2.75) is 25.9 Å². The molecule has 0 radical (unpaired) electrons. The van der Waals surface area contributed by atoms with Crippen LogP contribution < -0.4 is 4.74 Å². The minimum absolute atomic E-state index is 0.449. The van der Waals surface area contributed by atoms with E-state index in [0.717, 1.165) is 18.7 Å². The molecule has 0 aliphatic carbocycles. The van der Waals surface area contributed by atoms with Gasteiger partial charge >= 0.3 is 0 Å². The molecule has 98 valence electrons. The summed E-state index contributed by atoms with van der Waals surface area (Å²) in [6.07, 6.45) is 1.10. The maximum absolute atomic E-state index is 5.87. The molecule has 2 aromatic rings. The Balaban J connectivity index is 1.84. The second-order valence-corrected chi connectivity index (χ2v) is 4.97. The smallest absolute Gasteiger partial charge is 0.142 e. The number of rotatable bonds is 3. The Kier molecular flexibility index (Phi) is 3.51. The van der Waals surface area contributed by atoms with E-state index < -0.39 is 0 Å². The van der Waals surface area contributed by atoms with Crippen molar-refractivity contribution in [1.82, 2.24) is 4.90 Å². The van der Waals surface area contributed by atoms with Crippen LogP contribution in [-0.4, -0.2) is 11.6 Å². The van der Waals surface area contributed by atoms with E-state index in [4.69, 9.17) is 4.74 Å². The van der Waals surface area contributed by atoms with E-state index in [-0.39, 0.29) is 0 Å². The molecule has 2 aromatic carbocycles. The van der Waals surface area contributed by atoms with Gasteiger partial charge < -0.3 is 4.74 Å². The number of hydrogen-bond acceptors (Lipinski definition) is 2. The highest BCUT2D eigenvalue weighted by molar-refractivity contribution is 5.37. The van der Waals surface area contributed by atoms with Gasteiger partial charge in [-0.1, -0.05) is 55.5 Å². The summed E-state index contributed by atoms with van der Waals surface area (Å²) in [6.45, 7) is 3.85. The molecule has 0 spiro atoms. The van der Waals surface area contributed by atoms with Crippen molar-refractivity contribution in [3.05, 3.63) is 65.7 Å².